The summed E-state index contributed by atoms with van der Waals surface area (Å²) in [4.78, 5) is 0. The minimum absolute atomic E-state index is 0.227. The highest BCUT2D eigenvalue weighted by Gasteiger charge is 2.37. The van der Waals surface area contributed by atoms with E-state index in [4.69, 9.17) is 0 Å². The average Bonchev–Trinajstić information content (AvgIpc) is 2.36. The molecule has 2 rings (SSSR count). The predicted octanol–water partition coefficient (Wildman–Crippen LogP) is 4.08. The van der Waals surface area contributed by atoms with E-state index in [9.17, 15) is 0 Å². The van der Waals surface area contributed by atoms with Gasteiger partial charge < -0.3 is 10.6 Å². The number of hydrogen-bond donors (Lipinski definition) is 2. The summed E-state index contributed by atoms with van der Waals surface area (Å²) < 4.78 is 0. The molecule has 2 N–H and O–H groups in total. The fourth-order valence-corrected chi connectivity index (χ4v) is 3.92. The fourth-order valence-electron chi connectivity index (χ4n) is 3.92. The third-order valence-electron chi connectivity index (χ3n) is 4.57. The molecule has 1 unspecified atom stereocenters. The summed E-state index contributed by atoms with van der Waals surface area (Å²) in [5, 5.41) is 7.54. The van der Waals surface area contributed by atoms with Crippen LogP contribution < -0.4 is 10.6 Å². The van der Waals surface area contributed by atoms with Crippen molar-refractivity contribution in [2.75, 3.05) is 6.54 Å². The Morgan fingerprint density at radius 2 is 1.67 bits per heavy atom. The Bertz CT molecular complexity index is 420. The first-order valence-electron chi connectivity index (χ1n) is 8.35. The summed E-state index contributed by atoms with van der Waals surface area (Å²) in [6, 6.07) is 11.5. The van der Waals surface area contributed by atoms with Crippen LogP contribution >= 0.6 is 0 Å². The third kappa shape index (κ3) is 5.12. The smallest absolute Gasteiger partial charge is 0.0144 e. The molecule has 2 nitrogen and oxygen atoms in total. The maximum Gasteiger partial charge on any atom is 0.0144 e. The van der Waals surface area contributed by atoms with Crippen LogP contribution in [0.3, 0.4) is 0 Å². The van der Waals surface area contributed by atoms with E-state index in [0.29, 0.717) is 12.0 Å². The molecule has 0 amide bonds. The molecule has 1 fully saturated rings. The van der Waals surface area contributed by atoms with Gasteiger partial charge in [0, 0.05) is 17.1 Å². The fraction of sp³-hybridized carbons (Fsp3) is 0.684. The molecule has 0 radical (unpaired) electrons. The maximum atomic E-state index is 3.79. The second kappa shape index (κ2) is 6.50. The molecule has 0 aliphatic carbocycles. The van der Waals surface area contributed by atoms with Gasteiger partial charge in [0.15, 0.2) is 0 Å². The molecule has 0 saturated carbocycles. The molecule has 1 heterocycles. The monoisotopic (exact) mass is 288 g/mol. The van der Waals surface area contributed by atoms with Gasteiger partial charge in [0.05, 0.1) is 0 Å². The lowest BCUT2D eigenvalue weighted by atomic mass is 9.79. The highest BCUT2D eigenvalue weighted by molar-refractivity contribution is 5.18. The average molecular weight is 288 g/mol. The van der Waals surface area contributed by atoms with Crippen LogP contribution in [0.15, 0.2) is 30.3 Å². The topological polar surface area (TPSA) is 24.1 Å². The van der Waals surface area contributed by atoms with Crippen LogP contribution in [0.1, 0.15) is 65.4 Å². The van der Waals surface area contributed by atoms with E-state index in [2.05, 4.69) is 75.6 Å². The molecule has 1 atom stereocenters. The second-order valence-corrected chi connectivity index (χ2v) is 8.05. The Kier molecular flexibility index (Phi) is 5.11. The number of rotatable bonds is 5. The van der Waals surface area contributed by atoms with Crippen LogP contribution in [0.5, 0.6) is 0 Å². The van der Waals surface area contributed by atoms with Crippen molar-refractivity contribution in [1.29, 1.82) is 0 Å². The Hall–Kier alpha value is -0.860. The largest absolute Gasteiger partial charge is 0.314 e. The summed E-state index contributed by atoms with van der Waals surface area (Å²) in [6.07, 6.45) is 3.61. The van der Waals surface area contributed by atoms with E-state index in [1.54, 1.807) is 0 Å². The molecule has 1 aromatic rings. The quantitative estimate of drug-likeness (QED) is 0.853. The van der Waals surface area contributed by atoms with Gasteiger partial charge in [-0.1, -0.05) is 37.3 Å². The van der Waals surface area contributed by atoms with Crippen LogP contribution in [0, 0.1) is 0 Å². The summed E-state index contributed by atoms with van der Waals surface area (Å²) >= 11 is 0. The van der Waals surface area contributed by atoms with E-state index >= 15 is 0 Å². The van der Waals surface area contributed by atoms with E-state index in [1.807, 2.05) is 0 Å². The van der Waals surface area contributed by atoms with Crippen LogP contribution in [-0.2, 0) is 0 Å². The Balaban J connectivity index is 1.80. The number of hydrogen-bond acceptors (Lipinski definition) is 2. The summed E-state index contributed by atoms with van der Waals surface area (Å²) in [5.74, 6) is 0.626. The zero-order chi connectivity index (χ0) is 15.5. The van der Waals surface area contributed by atoms with Crippen LogP contribution in [0.4, 0.5) is 0 Å². The zero-order valence-electron chi connectivity index (χ0n) is 14.4. The normalized spacial score (nSPS) is 22.9. The standard InChI is InChI=1S/C19H32N2/c1-15(16-9-7-6-8-10-16)11-12-20-17-13-18(2,3)21-19(4,5)14-17/h6-10,15,17,20-21H,11-14H2,1-5H3. The van der Waals surface area contributed by atoms with Gasteiger partial charge in [-0.05, 0) is 65.0 Å². The highest BCUT2D eigenvalue weighted by atomic mass is 15.1. The Labute approximate surface area is 130 Å². The van der Waals surface area contributed by atoms with E-state index in [-0.39, 0.29) is 11.1 Å². The van der Waals surface area contributed by atoms with E-state index < -0.39 is 0 Å². The molecule has 0 aromatic heterocycles. The molecule has 118 valence electrons. The lowest BCUT2D eigenvalue weighted by Crippen LogP contribution is -2.61. The summed E-state index contributed by atoms with van der Waals surface area (Å²) in [6.45, 7) is 12.7. The van der Waals surface area contributed by atoms with Gasteiger partial charge in [0.1, 0.15) is 0 Å². The SMILES string of the molecule is CC(CCNC1CC(C)(C)NC(C)(C)C1)c1ccccc1. The first-order chi connectivity index (χ1) is 9.77. The van der Waals surface area contributed by atoms with E-state index in [1.165, 1.54) is 24.8 Å². The predicted molar refractivity (Wildman–Crippen MR) is 91.8 cm³/mol. The maximum absolute atomic E-state index is 3.79. The van der Waals surface area contributed by atoms with Crippen molar-refractivity contribution in [2.45, 2.75) is 76.9 Å². The molecular weight excluding hydrogens is 256 g/mol. The first kappa shape index (κ1) is 16.5. The minimum Gasteiger partial charge on any atom is -0.314 e. The summed E-state index contributed by atoms with van der Waals surface area (Å²) in [5.41, 5.74) is 1.90. The van der Waals surface area contributed by atoms with Crippen LogP contribution in [-0.4, -0.2) is 23.7 Å². The van der Waals surface area contributed by atoms with Gasteiger partial charge >= 0.3 is 0 Å². The molecular formula is C19H32N2. The molecule has 1 aliphatic heterocycles. The van der Waals surface area contributed by atoms with Crippen molar-refractivity contribution >= 4 is 0 Å². The molecule has 0 bridgehead atoms. The Morgan fingerprint density at radius 3 is 2.24 bits per heavy atom. The number of benzene rings is 1. The molecule has 21 heavy (non-hydrogen) atoms. The first-order valence-corrected chi connectivity index (χ1v) is 8.35. The zero-order valence-corrected chi connectivity index (χ0v) is 14.4. The molecule has 1 aliphatic rings. The lowest BCUT2D eigenvalue weighted by Gasteiger charge is -2.46. The van der Waals surface area contributed by atoms with Crippen molar-refractivity contribution in [1.82, 2.24) is 10.6 Å². The van der Waals surface area contributed by atoms with Crippen molar-refractivity contribution in [3.05, 3.63) is 35.9 Å². The van der Waals surface area contributed by atoms with Crippen molar-refractivity contribution in [2.24, 2.45) is 0 Å². The molecule has 1 aromatic carbocycles. The van der Waals surface area contributed by atoms with E-state index in [0.717, 1.165) is 6.54 Å². The number of piperidine rings is 1. The van der Waals surface area contributed by atoms with Crippen LogP contribution in [0.25, 0.3) is 0 Å². The molecule has 1 saturated heterocycles. The molecule has 2 heteroatoms. The van der Waals surface area contributed by atoms with Gasteiger partial charge in [0.25, 0.3) is 0 Å². The van der Waals surface area contributed by atoms with Crippen molar-refractivity contribution in [3.8, 4) is 0 Å². The highest BCUT2D eigenvalue weighted by Crippen LogP contribution is 2.28. The van der Waals surface area contributed by atoms with Crippen LogP contribution in [0.2, 0.25) is 0 Å². The van der Waals surface area contributed by atoms with Crippen molar-refractivity contribution < 1.29 is 0 Å². The van der Waals surface area contributed by atoms with Crippen molar-refractivity contribution in [3.63, 3.8) is 0 Å². The second-order valence-electron chi connectivity index (χ2n) is 8.05. The Morgan fingerprint density at radius 1 is 1.10 bits per heavy atom. The third-order valence-corrected chi connectivity index (χ3v) is 4.57. The van der Waals surface area contributed by atoms with Gasteiger partial charge in [0.2, 0.25) is 0 Å². The lowest BCUT2D eigenvalue weighted by molar-refractivity contribution is 0.146. The number of nitrogens with one attached hydrogen (secondary N) is 2. The van der Waals surface area contributed by atoms with Gasteiger partial charge in [-0.3, -0.25) is 0 Å². The van der Waals surface area contributed by atoms with Gasteiger partial charge in [-0.25, -0.2) is 0 Å². The minimum atomic E-state index is 0.227. The molecule has 0 spiro atoms. The van der Waals surface area contributed by atoms with Gasteiger partial charge in [-0.15, -0.1) is 0 Å². The summed E-state index contributed by atoms with van der Waals surface area (Å²) in [7, 11) is 0. The van der Waals surface area contributed by atoms with Gasteiger partial charge in [-0.2, -0.15) is 0 Å².